The van der Waals surface area contributed by atoms with Gasteiger partial charge in [-0.1, -0.05) is 54.1 Å². The van der Waals surface area contributed by atoms with Gasteiger partial charge in [0, 0.05) is 10.6 Å². The Balaban J connectivity index is 1.89. The maximum absolute atomic E-state index is 11.4. The van der Waals surface area contributed by atoms with E-state index in [0.717, 1.165) is 36.0 Å². The summed E-state index contributed by atoms with van der Waals surface area (Å²) in [5.74, 6) is 1.03. The molecule has 0 spiro atoms. The highest BCUT2D eigenvalue weighted by Gasteiger charge is 2.52. The average molecular weight is 299 g/mol. The molecular formula is C19H19ClO. The van der Waals surface area contributed by atoms with Crippen LogP contribution in [-0.4, -0.2) is 5.11 Å². The van der Waals surface area contributed by atoms with Gasteiger partial charge in [-0.2, -0.15) is 0 Å². The molecule has 2 aliphatic carbocycles. The summed E-state index contributed by atoms with van der Waals surface area (Å²) in [4.78, 5) is 0. The topological polar surface area (TPSA) is 20.2 Å². The normalized spacial score (nSPS) is 30.8. The maximum atomic E-state index is 11.4. The zero-order valence-corrected chi connectivity index (χ0v) is 12.7. The van der Waals surface area contributed by atoms with Crippen LogP contribution in [0.4, 0.5) is 0 Å². The third-order valence-electron chi connectivity index (χ3n) is 5.35. The molecule has 2 aromatic rings. The van der Waals surface area contributed by atoms with Gasteiger partial charge in [-0.05, 0) is 54.7 Å². The maximum Gasteiger partial charge on any atom is 0.0947 e. The summed E-state index contributed by atoms with van der Waals surface area (Å²) in [6.07, 6.45) is 4.40. The molecule has 2 bridgehead atoms. The summed E-state index contributed by atoms with van der Waals surface area (Å²) in [6, 6.07) is 16.2. The Kier molecular flexibility index (Phi) is 3.09. The summed E-state index contributed by atoms with van der Waals surface area (Å²) >= 11 is 6.53. The minimum atomic E-state index is -0.744. The van der Waals surface area contributed by atoms with E-state index in [4.69, 9.17) is 11.6 Å². The van der Waals surface area contributed by atoms with E-state index in [1.807, 2.05) is 30.3 Å². The van der Waals surface area contributed by atoms with Crippen LogP contribution in [0.25, 0.3) is 11.1 Å². The lowest BCUT2D eigenvalue weighted by atomic mass is 9.76. The Morgan fingerprint density at radius 1 is 1.00 bits per heavy atom. The van der Waals surface area contributed by atoms with Crippen LogP contribution >= 0.6 is 11.6 Å². The lowest BCUT2D eigenvalue weighted by Crippen LogP contribution is -2.33. The fourth-order valence-electron chi connectivity index (χ4n) is 4.43. The summed E-state index contributed by atoms with van der Waals surface area (Å²) in [5, 5.41) is 12.1. The van der Waals surface area contributed by atoms with E-state index in [1.54, 1.807) is 0 Å². The van der Waals surface area contributed by atoms with E-state index < -0.39 is 5.60 Å². The number of hydrogen-bond donors (Lipinski definition) is 1. The fraction of sp³-hybridized carbons (Fsp3) is 0.368. The summed E-state index contributed by atoms with van der Waals surface area (Å²) in [6.45, 7) is 0. The van der Waals surface area contributed by atoms with Crippen molar-refractivity contribution >= 4 is 11.6 Å². The molecule has 0 radical (unpaired) electrons. The molecule has 0 amide bonds. The van der Waals surface area contributed by atoms with Crippen LogP contribution in [0, 0.1) is 11.8 Å². The quantitative estimate of drug-likeness (QED) is 0.826. The van der Waals surface area contributed by atoms with Crippen molar-refractivity contribution in [2.45, 2.75) is 31.3 Å². The largest absolute Gasteiger partial charge is 0.385 e. The Morgan fingerprint density at radius 2 is 1.81 bits per heavy atom. The minimum absolute atomic E-state index is 0.366. The van der Waals surface area contributed by atoms with Crippen molar-refractivity contribution < 1.29 is 5.11 Å². The number of fused-ring (bicyclic) bond motifs is 2. The molecule has 3 unspecified atom stereocenters. The van der Waals surface area contributed by atoms with Gasteiger partial charge >= 0.3 is 0 Å². The molecule has 3 atom stereocenters. The van der Waals surface area contributed by atoms with E-state index in [-0.39, 0.29) is 0 Å². The van der Waals surface area contributed by atoms with E-state index in [0.29, 0.717) is 16.9 Å². The second kappa shape index (κ2) is 4.86. The minimum Gasteiger partial charge on any atom is -0.385 e. The lowest BCUT2D eigenvalue weighted by molar-refractivity contribution is -0.0176. The van der Waals surface area contributed by atoms with Gasteiger partial charge in [0.2, 0.25) is 0 Å². The van der Waals surface area contributed by atoms with E-state index in [1.165, 1.54) is 6.42 Å². The van der Waals surface area contributed by atoms with Crippen molar-refractivity contribution in [3.63, 3.8) is 0 Å². The van der Waals surface area contributed by atoms with Crippen molar-refractivity contribution in [1.29, 1.82) is 0 Å². The van der Waals surface area contributed by atoms with Gasteiger partial charge in [0.1, 0.15) is 0 Å². The molecule has 2 aliphatic rings. The Hall–Kier alpha value is -1.31. The zero-order chi connectivity index (χ0) is 14.4. The molecule has 4 rings (SSSR count). The average Bonchev–Trinajstić information content (AvgIpc) is 3.08. The van der Waals surface area contributed by atoms with E-state index in [2.05, 4.69) is 18.2 Å². The molecule has 0 saturated heterocycles. The molecular weight excluding hydrogens is 280 g/mol. The SMILES string of the molecule is OC1(c2c(Cl)cccc2-c2ccccc2)CC2CCC1C2. The van der Waals surface area contributed by atoms with Gasteiger partial charge in [0.05, 0.1) is 5.60 Å². The van der Waals surface area contributed by atoms with E-state index >= 15 is 0 Å². The predicted molar refractivity (Wildman–Crippen MR) is 86.2 cm³/mol. The lowest BCUT2D eigenvalue weighted by Gasteiger charge is -2.35. The first-order valence-electron chi connectivity index (χ1n) is 7.75. The monoisotopic (exact) mass is 298 g/mol. The van der Waals surface area contributed by atoms with Crippen molar-refractivity contribution in [2.75, 3.05) is 0 Å². The fourth-order valence-corrected chi connectivity index (χ4v) is 4.77. The van der Waals surface area contributed by atoms with Crippen molar-refractivity contribution in [2.24, 2.45) is 11.8 Å². The second-order valence-electron chi connectivity index (χ2n) is 6.53. The Morgan fingerprint density at radius 3 is 2.48 bits per heavy atom. The highest BCUT2D eigenvalue weighted by molar-refractivity contribution is 6.32. The third-order valence-corrected chi connectivity index (χ3v) is 5.66. The molecule has 0 heterocycles. The standard InChI is InChI=1S/C19H19ClO/c20-17-8-4-7-16(14-5-2-1-3-6-14)18(17)19(21)12-13-9-10-15(19)11-13/h1-8,13,15,21H,9-12H2. The van der Waals surface area contributed by atoms with Gasteiger partial charge in [-0.25, -0.2) is 0 Å². The molecule has 2 heteroatoms. The summed E-state index contributed by atoms with van der Waals surface area (Å²) in [7, 11) is 0. The van der Waals surface area contributed by atoms with Gasteiger partial charge in [-0.3, -0.25) is 0 Å². The van der Waals surface area contributed by atoms with Crippen molar-refractivity contribution in [1.82, 2.24) is 0 Å². The van der Waals surface area contributed by atoms with Crippen LogP contribution < -0.4 is 0 Å². The molecule has 0 aliphatic heterocycles. The Bertz CT molecular complexity index is 667. The van der Waals surface area contributed by atoms with Gasteiger partial charge in [-0.15, -0.1) is 0 Å². The van der Waals surface area contributed by atoms with Gasteiger partial charge in [0.15, 0.2) is 0 Å². The summed E-state index contributed by atoms with van der Waals surface area (Å²) < 4.78 is 0. The van der Waals surface area contributed by atoms with Crippen LogP contribution in [-0.2, 0) is 5.60 Å². The first-order valence-corrected chi connectivity index (χ1v) is 8.13. The predicted octanol–water partition coefficient (Wildman–Crippen LogP) is 5.01. The molecule has 1 nitrogen and oxygen atoms in total. The van der Waals surface area contributed by atoms with Crippen LogP contribution in [0.2, 0.25) is 5.02 Å². The molecule has 108 valence electrons. The number of halogens is 1. The zero-order valence-electron chi connectivity index (χ0n) is 11.9. The van der Waals surface area contributed by atoms with Crippen LogP contribution in [0.15, 0.2) is 48.5 Å². The molecule has 2 fully saturated rings. The van der Waals surface area contributed by atoms with Crippen LogP contribution in [0.3, 0.4) is 0 Å². The first-order chi connectivity index (χ1) is 10.2. The number of hydrogen-bond acceptors (Lipinski definition) is 1. The van der Waals surface area contributed by atoms with Crippen LogP contribution in [0.5, 0.6) is 0 Å². The second-order valence-corrected chi connectivity index (χ2v) is 6.94. The highest BCUT2D eigenvalue weighted by atomic mass is 35.5. The smallest absolute Gasteiger partial charge is 0.0947 e. The number of aliphatic hydroxyl groups is 1. The van der Waals surface area contributed by atoms with Gasteiger partial charge < -0.3 is 5.11 Å². The van der Waals surface area contributed by atoms with Crippen molar-refractivity contribution in [3.05, 3.63) is 59.1 Å². The van der Waals surface area contributed by atoms with Crippen molar-refractivity contribution in [3.8, 4) is 11.1 Å². The molecule has 21 heavy (non-hydrogen) atoms. The van der Waals surface area contributed by atoms with Gasteiger partial charge in [0.25, 0.3) is 0 Å². The summed E-state index contributed by atoms with van der Waals surface area (Å²) in [5.41, 5.74) is 2.42. The third kappa shape index (κ3) is 2.03. The first kappa shape index (κ1) is 13.4. The van der Waals surface area contributed by atoms with Crippen LogP contribution in [0.1, 0.15) is 31.2 Å². The highest BCUT2D eigenvalue weighted by Crippen LogP contribution is 2.58. The Labute approximate surface area is 130 Å². The number of rotatable bonds is 2. The molecule has 2 saturated carbocycles. The molecule has 1 N–H and O–H groups in total. The van der Waals surface area contributed by atoms with E-state index in [9.17, 15) is 5.11 Å². The number of benzene rings is 2. The molecule has 2 aromatic carbocycles. The molecule has 0 aromatic heterocycles.